The zero-order valence-electron chi connectivity index (χ0n) is 8.71. The van der Waals surface area contributed by atoms with Gasteiger partial charge in [-0.2, -0.15) is 0 Å². The normalized spacial score (nSPS) is 24.1. The van der Waals surface area contributed by atoms with Crippen molar-refractivity contribution in [3.63, 3.8) is 0 Å². The summed E-state index contributed by atoms with van der Waals surface area (Å²) in [4.78, 5) is 23.0. The second-order valence-corrected chi connectivity index (χ2v) is 4.11. The molecule has 0 spiro atoms. The van der Waals surface area contributed by atoms with E-state index in [4.69, 9.17) is 11.6 Å². The van der Waals surface area contributed by atoms with Gasteiger partial charge in [-0.25, -0.2) is 4.79 Å². The summed E-state index contributed by atoms with van der Waals surface area (Å²) in [6, 6.07) is 6.49. The summed E-state index contributed by atoms with van der Waals surface area (Å²) in [5.74, 6) is -0.331. The monoisotopic (exact) mass is 238 g/mol. The van der Waals surface area contributed by atoms with Crippen LogP contribution in [0.1, 0.15) is 18.9 Å². The highest BCUT2D eigenvalue weighted by atomic mass is 35.5. The first-order valence-electron chi connectivity index (χ1n) is 4.98. The Labute approximate surface area is 98.0 Å². The Bertz CT molecular complexity index is 461. The molecule has 1 aromatic rings. The average molecular weight is 239 g/mol. The van der Waals surface area contributed by atoms with Crippen molar-refractivity contribution in [2.45, 2.75) is 18.9 Å². The largest absolute Gasteiger partial charge is 0.322 e. The van der Waals surface area contributed by atoms with Gasteiger partial charge in [-0.05, 0) is 24.1 Å². The third kappa shape index (κ3) is 1.55. The minimum atomic E-state index is -0.984. The molecule has 1 aliphatic heterocycles. The predicted octanol–water partition coefficient (Wildman–Crippen LogP) is 1.78. The number of hydrogen-bond donors (Lipinski definition) is 2. The second-order valence-electron chi connectivity index (χ2n) is 3.68. The van der Waals surface area contributed by atoms with Gasteiger partial charge in [0, 0.05) is 5.02 Å². The molecule has 0 radical (unpaired) electrons. The summed E-state index contributed by atoms with van der Waals surface area (Å²) in [7, 11) is 0. The van der Waals surface area contributed by atoms with Crippen molar-refractivity contribution in [3.8, 4) is 0 Å². The van der Waals surface area contributed by atoms with Crippen LogP contribution in [0, 0.1) is 0 Å². The molecule has 0 bridgehead atoms. The van der Waals surface area contributed by atoms with E-state index < -0.39 is 11.6 Å². The minimum Gasteiger partial charge on any atom is -0.319 e. The number of imide groups is 1. The van der Waals surface area contributed by atoms with Crippen LogP contribution in [0.3, 0.4) is 0 Å². The van der Waals surface area contributed by atoms with Gasteiger partial charge in [0.05, 0.1) is 0 Å². The van der Waals surface area contributed by atoms with E-state index in [2.05, 4.69) is 10.6 Å². The van der Waals surface area contributed by atoms with Crippen molar-refractivity contribution >= 4 is 23.5 Å². The number of rotatable bonds is 2. The Balaban J connectivity index is 2.50. The zero-order valence-corrected chi connectivity index (χ0v) is 9.47. The third-order valence-electron chi connectivity index (χ3n) is 2.79. The zero-order chi connectivity index (χ0) is 11.8. The summed E-state index contributed by atoms with van der Waals surface area (Å²) in [5, 5.41) is 5.44. The van der Waals surface area contributed by atoms with E-state index in [0.717, 1.165) is 0 Å². The fraction of sp³-hybridized carbons (Fsp3) is 0.273. The van der Waals surface area contributed by atoms with Gasteiger partial charge in [-0.15, -0.1) is 0 Å². The molecule has 5 heteroatoms. The lowest BCUT2D eigenvalue weighted by molar-refractivity contribution is -0.124. The molecule has 2 N–H and O–H groups in total. The van der Waals surface area contributed by atoms with Crippen LogP contribution in [0.5, 0.6) is 0 Å². The number of carbonyl (C=O) groups is 2. The smallest absolute Gasteiger partial charge is 0.319 e. The van der Waals surface area contributed by atoms with Crippen molar-refractivity contribution in [1.82, 2.24) is 10.6 Å². The molecular weight excluding hydrogens is 228 g/mol. The number of urea groups is 1. The first kappa shape index (κ1) is 11.0. The molecule has 0 aliphatic carbocycles. The number of amides is 3. The molecule has 1 fully saturated rings. The van der Waals surface area contributed by atoms with Crippen molar-refractivity contribution in [1.29, 1.82) is 0 Å². The van der Waals surface area contributed by atoms with Crippen LogP contribution in [0.2, 0.25) is 5.02 Å². The van der Waals surface area contributed by atoms with Crippen LogP contribution in [0.15, 0.2) is 24.3 Å². The molecule has 16 heavy (non-hydrogen) atoms. The third-order valence-corrected chi connectivity index (χ3v) is 3.02. The standard InChI is InChI=1S/C11H11ClN2O2/c1-2-11(9(15)13-10(16)14-11)7-4-3-5-8(12)6-7/h3-6H,2H2,1H3,(H2,13,14,15,16)/t11-/m0/s1. The van der Waals surface area contributed by atoms with Gasteiger partial charge in [0.25, 0.3) is 5.91 Å². The molecule has 4 nitrogen and oxygen atoms in total. The fourth-order valence-corrected chi connectivity index (χ4v) is 2.09. The number of hydrogen-bond acceptors (Lipinski definition) is 2. The van der Waals surface area contributed by atoms with Gasteiger partial charge in [0.2, 0.25) is 0 Å². The van der Waals surface area contributed by atoms with Gasteiger partial charge in [-0.3, -0.25) is 10.1 Å². The first-order chi connectivity index (χ1) is 7.58. The number of benzene rings is 1. The van der Waals surface area contributed by atoms with Gasteiger partial charge in [-0.1, -0.05) is 30.7 Å². The summed E-state index contributed by atoms with van der Waals surface area (Å²) < 4.78 is 0. The Kier molecular flexibility index (Phi) is 2.59. The lowest BCUT2D eigenvalue weighted by Crippen LogP contribution is -2.43. The molecule has 2 rings (SSSR count). The minimum absolute atomic E-state index is 0.331. The molecule has 3 amide bonds. The first-order valence-corrected chi connectivity index (χ1v) is 5.36. The molecule has 1 aromatic carbocycles. The highest BCUT2D eigenvalue weighted by Gasteiger charge is 2.46. The molecule has 1 aliphatic rings. The highest BCUT2D eigenvalue weighted by molar-refractivity contribution is 6.30. The van der Waals surface area contributed by atoms with Gasteiger partial charge >= 0.3 is 6.03 Å². The maximum Gasteiger partial charge on any atom is 0.322 e. The van der Waals surface area contributed by atoms with E-state index in [9.17, 15) is 9.59 Å². The average Bonchev–Trinajstić information content (AvgIpc) is 2.54. The molecule has 0 saturated carbocycles. The maximum absolute atomic E-state index is 11.8. The molecular formula is C11H11ClN2O2. The topological polar surface area (TPSA) is 58.2 Å². The van der Waals surface area contributed by atoms with Crippen molar-refractivity contribution in [3.05, 3.63) is 34.9 Å². The Morgan fingerprint density at radius 1 is 1.38 bits per heavy atom. The van der Waals surface area contributed by atoms with Crippen molar-refractivity contribution in [2.24, 2.45) is 0 Å². The summed E-state index contributed by atoms with van der Waals surface area (Å²) >= 11 is 5.88. The van der Waals surface area contributed by atoms with Crippen LogP contribution >= 0.6 is 11.6 Å². The maximum atomic E-state index is 11.8. The van der Waals surface area contributed by atoms with Crippen LogP contribution in [0.4, 0.5) is 4.79 Å². The van der Waals surface area contributed by atoms with E-state index in [-0.39, 0.29) is 5.91 Å². The van der Waals surface area contributed by atoms with Crippen LogP contribution in [0.25, 0.3) is 0 Å². The highest BCUT2D eigenvalue weighted by Crippen LogP contribution is 2.29. The Hall–Kier alpha value is -1.55. The van der Waals surface area contributed by atoms with Crippen LogP contribution in [-0.2, 0) is 10.3 Å². The Morgan fingerprint density at radius 2 is 2.12 bits per heavy atom. The van der Waals surface area contributed by atoms with Gasteiger partial charge < -0.3 is 5.32 Å². The van der Waals surface area contributed by atoms with E-state index in [1.807, 2.05) is 6.92 Å². The second kappa shape index (κ2) is 3.79. The van der Waals surface area contributed by atoms with E-state index in [1.54, 1.807) is 24.3 Å². The number of halogens is 1. The molecule has 1 heterocycles. The molecule has 1 atom stereocenters. The van der Waals surface area contributed by atoms with Crippen LogP contribution in [-0.4, -0.2) is 11.9 Å². The summed E-state index contributed by atoms with van der Waals surface area (Å²) in [6.45, 7) is 1.84. The molecule has 84 valence electrons. The predicted molar refractivity (Wildman–Crippen MR) is 60.1 cm³/mol. The lowest BCUT2D eigenvalue weighted by Gasteiger charge is -2.24. The van der Waals surface area contributed by atoms with Gasteiger partial charge in [0.15, 0.2) is 0 Å². The SMILES string of the molecule is CC[C@@]1(c2cccc(Cl)c2)NC(=O)NC1=O. The molecule has 0 aromatic heterocycles. The Morgan fingerprint density at radius 3 is 2.62 bits per heavy atom. The van der Waals surface area contributed by atoms with Crippen LogP contribution < -0.4 is 10.6 Å². The number of carbonyl (C=O) groups excluding carboxylic acids is 2. The fourth-order valence-electron chi connectivity index (χ4n) is 1.90. The molecule has 1 saturated heterocycles. The lowest BCUT2D eigenvalue weighted by atomic mass is 9.87. The van der Waals surface area contributed by atoms with Crippen molar-refractivity contribution in [2.75, 3.05) is 0 Å². The summed E-state index contributed by atoms with van der Waals surface area (Å²) in [6.07, 6.45) is 0.477. The van der Waals surface area contributed by atoms with E-state index in [0.29, 0.717) is 17.0 Å². The van der Waals surface area contributed by atoms with Gasteiger partial charge in [0.1, 0.15) is 5.54 Å². The van der Waals surface area contributed by atoms with E-state index >= 15 is 0 Å². The van der Waals surface area contributed by atoms with Crippen molar-refractivity contribution < 1.29 is 9.59 Å². The summed E-state index contributed by atoms with van der Waals surface area (Å²) in [5.41, 5.74) is -0.284. The molecule has 0 unspecified atom stereocenters. The van der Waals surface area contributed by atoms with E-state index in [1.165, 1.54) is 0 Å². The quantitative estimate of drug-likeness (QED) is 0.772. The number of nitrogens with one attached hydrogen (secondary N) is 2.